The standard InChI is InChI=1S/C13H12N2O4S2/c1-8-5-20-13(14-8)21-6-10-3-11(15(16)17)2-9-4-18-7-19-12(9)10/h2-3,5H,4,6-7H2,1H3. The molecule has 1 aromatic carbocycles. The molecule has 0 saturated heterocycles. The van der Waals surface area contributed by atoms with Crippen LogP contribution in [0.4, 0.5) is 5.69 Å². The van der Waals surface area contributed by atoms with Crippen LogP contribution in [-0.4, -0.2) is 16.7 Å². The molecule has 0 fully saturated rings. The summed E-state index contributed by atoms with van der Waals surface area (Å²) in [5, 5.41) is 13.0. The largest absolute Gasteiger partial charge is 0.467 e. The van der Waals surface area contributed by atoms with E-state index in [1.54, 1.807) is 29.2 Å². The van der Waals surface area contributed by atoms with Crippen LogP contribution in [-0.2, 0) is 17.1 Å². The van der Waals surface area contributed by atoms with Gasteiger partial charge in [0.25, 0.3) is 5.69 Å². The summed E-state index contributed by atoms with van der Waals surface area (Å²) in [4.78, 5) is 15.0. The Morgan fingerprint density at radius 2 is 2.38 bits per heavy atom. The molecular formula is C13H12N2O4S2. The molecule has 1 aliphatic rings. The Kier molecular flexibility index (Phi) is 4.09. The van der Waals surface area contributed by atoms with E-state index in [1.165, 1.54) is 6.07 Å². The summed E-state index contributed by atoms with van der Waals surface area (Å²) in [5.74, 6) is 1.28. The first-order chi connectivity index (χ1) is 10.1. The minimum Gasteiger partial charge on any atom is -0.467 e. The van der Waals surface area contributed by atoms with Crippen molar-refractivity contribution in [3.8, 4) is 5.75 Å². The van der Waals surface area contributed by atoms with Gasteiger partial charge >= 0.3 is 0 Å². The zero-order chi connectivity index (χ0) is 14.8. The second kappa shape index (κ2) is 6.00. The molecule has 0 radical (unpaired) electrons. The summed E-state index contributed by atoms with van der Waals surface area (Å²) in [6.07, 6.45) is 0. The highest BCUT2D eigenvalue weighted by atomic mass is 32.2. The molecule has 0 unspecified atom stereocenters. The van der Waals surface area contributed by atoms with Gasteiger partial charge in [0.1, 0.15) is 10.1 Å². The monoisotopic (exact) mass is 324 g/mol. The predicted octanol–water partition coefficient (Wildman–Crippen LogP) is 3.52. The molecule has 0 spiro atoms. The van der Waals surface area contributed by atoms with E-state index >= 15 is 0 Å². The van der Waals surface area contributed by atoms with E-state index in [0.29, 0.717) is 18.1 Å². The van der Waals surface area contributed by atoms with Gasteiger partial charge in [0.2, 0.25) is 0 Å². The number of aryl methyl sites for hydroxylation is 1. The first-order valence-electron chi connectivity index (χ1n) is 6.19. The molecule has 0 aliphatic carbocycles. The second-order valence-electron chi connectivity index (χ2n) is 4.50. The number of hydrogen-bond donors (Lipinski definition) is 0. The number of nitro benzene ring substituents is 1. The molecule has 2 aromatic rings. The van der Waals surface area contributed by atoms with Gasteiger partial charge in [-0.05, 0) is 6.92 Å². The Bertz CT molecular complexity index is 687. The van der Waals surface area contributed by atoms with Gasteiger partial charge in [-0.3, -0.25) is 10.1 Å². The molecular weight excluding hydrogens is 312 g/mol. The molecule has 110 valence electrons. The normalized spacial score (nSPS) is 13.6. The van der Waals surface area contributed by atoms with Crippen LogP contribution in [0.3, 0.4) is 0 Å². The van der Waals surface area contributed by atoms with Crippen LogP contribution in [0.1, 0.15) is 16.8 Å². The van der Waals surface area contributed by atoms with Gasteiger partial charge in [0, 0.05) is 40.1 Å². The van der Waals surface area contributed by atoms with Gasteiger partial charge in [-0.2, -0.15) is 0 Å². The molecule has 0 amide bonds. The third-order valence-corrected chi connectivity index (χ3v) is 5.12. The summed E-state index contributed by atoms with van der Waals surface area (Å²) in [6, 6.07) is 3.08. The molecule has 3 rings (SSSR count). The van der Waals surface area contributed by atoms with Crippen molar-refractivity contribution in [3.05, 3.63) is 44.4 Å². The lowest BCUT2D eigenvalue weighted by Crippen LogP contribution is -2.13. The van der Waals surface area contributed by atoms with Crippen molar-refractivity contribution in [2.24, 2.45) is 0 Å². The first-order valence-corrected chi connectivity index (χ1v) is 8.05. The molecule has 1 aromatic heterocycles. The van der Waals surface area contributed by atoms with Crippen molar-refractivity contribution in [3.63, 3.8) is 0 Å². The van der Waals surface area contributed by atoms with Crippen LogP contribution < -0.4 is 4.74 Å². The highest BCUT2D eigenvalue weighted by molar-refractivity contribution is 8.00. The van der Waals surface area contributed by atoms with Crippen molar-refractivity contribution in [1.82, 2.24) is 4.98 Å². The van der Waals surface area contributed by atoms with E-state index in [9.17, 15) is 10.1 Å². The maximum absolute atomic E-state index is 11.0. The van der Waals surface area contributed by atoms with Crippen LogP contribution in [0.15, 0.2) is 21.9 Å². The smallest absolute Gasteiger partial charge is 0.270 e. The minimum atomic E-state index is -0.392. The number of thioether (sulfide) groups is 1. The quantitative estimate of drug-likeness (QED) is 0.487. The fourth-order valence-electron chi connectivity index (χ4n) is 2.03. The molecule has 0 bridgehead atoms. The summed E-state index contributed by atoms with van der Waals surface area (Å²) in [6.45, 7) is 2.46. The van der Waals surface area contributed by atoms with Crippen LogP contribution in [0.2, 0.25) is 0 Å². The van der Waals surface area contributed by atoms with Crippen molar-refractivity contribution in [1.29, 1.82) is 0 Å². The molecule has 2 heterocycles. The topological polar surface area (TPSA) is 74.5 Å². The van der Waals surface area contributed by atoms with Gasteiger partial charge in [-0.25, -0.2) is 4.98 Å². The zero-order valence-corrected chi connectivity index (χ0v) is 12.8. The fourth-order valence-corrected chi connectivity index (χ4v) is 3.85. The lowest BCUT2D eigenvalue weighted by Gasteiger charge is -2.20. The number of nitro groups is 1. The van der Waals surface area contributed by atoms with E-state index < -0.39 is 4.92 Å². The number of ether oxygens (including phenoxy) is 2. The van der Waals surface area contributed by atoms with Gasteiger partial charge in [0.15, 0.2) is 6.79 Å². The lowest BCUT2D eigenvalue weighted by atomic mass is 10.1. The number of nitrogens with zero attached hydrogens (tertiary/aromatic N) is 2. The Balaban J connectivity index is 1.88. The van der Waals surface area contributed by atoms with E-state index in [2.05, 4.69) is 4.98 Å². The number of fused-ring (bicyclic) bond motifs is 1. The lowest BCUT2D eigenvalue weighted by molar-refractivity contribution is -0.385. The summed E-state index contributed by atoms with van der Waals surface area (Å²) in [7, 11) is 0. The van der Waals surface area contributed by atoms with Crippen LogP contribution in [0.5, 0.6) is 5.75 Å². The third kappa shape index (κ3) is 3.17. The minimum absolute atomic E-state index is 0.0637. The highest BCUT2D eigenvalue weighted by Gasteiger charge is 2.21. The van der Waals surface area contributed by atoms with Gasteiger partial charge in [-0.1, -0.05) is 11.8 Å². The molecule has 21 heavy (non-hydrogen) atoms. The third-order valence-electron chi connectivity index (χ3n) is 2.93. The van der Waals surface area contributed by atoms with Crippen LogP contribution >= 0.6 is 23.1 Å². The molecule has 1 aliphatic heterocycles. The predicted molar refractivity (Wildman–Crippen MR) is 79.8 cm³/mol. The van der Waals surface area contributed by atoms with E-state index in [1.807, 2.05) is 12.3 Å². The van der Waals surface area contributed by atoms with Gasteiger partial charge in [-0.15, -0.1) is 11.3 Å². The van der Waals surface area contributed by atoms with Crippen molar-refractivity contribution in [2.75, 3.05) is 6.79 Å². The van der Waals surface area contributed by atoms with Crippen molar-refractivity contribution >= 4 is 28.8 Å². The summed E-state index contributed by atoms with van der Waals surface area (Å²) >= 11 is 3.12. The highest BCUT2D eigenvalue weighted by Crippen LogP contribution is 2.36. The van der Waals surface area contributed by atoms with Crippen LogP contribution in [0, 0.1) is 17.0 Å². The van der Waals surface area contributed by atoms with Crippen molar-refractivity contribution < 1.29 is 14.4 Å². The molecule has 0 N–H and O–H groups in total. The Morgan fingerprint density at radius 3 is 3.10 bits per heavy atom. The molecule has 6 nitrogen and oxygen atoms in total. The SMILES string of the molecule is Cc1csc(SCc2cc([N+](=O)[O-])cc3c2OCOC3)n1. The average Bonchev–Trinajstić information content (AvgIpc) is 2.90. The molecule has 0 atom stereocenters. The second-order valence-corrected chi connectivity index (χ2v) is 6.58. The Morgan fingerprint density at radius 1 is 1.52 bits per heavy atom. The van der Waals surface area contributed by atoms with Crippen molar-refractivity contribution in [2.45, 2.75) is 23.6 Å². The van der Waals surface area contributed by atoms with E-state index in [-0.39, 0.29) is 12.5 Å². The van der Waals surface area contributed by atoms with E-state index in [0.717, 1.165) is 21.2 Å². The van der Waals surface area contributed by atoms with Gasteiger partial charge in [0.05, 0.1) is 11.5 Å². The molecule has 8 heteroatoms. The fraction of sp³-hybridized carbons (Fsp3) is 0.308. The van der Waals surface area contributed by atoms with Gasteiger partial charge < -0.3 is 9.47 Å². The maximum Gasteiger partial charge on any atom is 0.270 e. The number of rotatable bonds is 4. The van der Waals surface area contributed by atoms with Crippen LogP contribution in [0.25, 0.3) is 0 Å². The first kappa shape index (κ1) is 14.3. The number of hydrogen-bond acceptors (Lipinski definition) is 7. The van der Waals surface area contributed by atoms with E-state index in [4.69, 9.17) is 9.47 Å². The average molecular weight is 324 g/mol. The number of benzene rings is 1. The number of thiazole rings is 1. The number of aromatic nitrogens is 1. The Labute approximate surface area is 129 Å². The summed E-state index contributed by atoms with van der Waals surface area (Å²) < 4.78 is 11.6. The summed E-state index contributed by atoms with van der Waals surface area (Å²) in [5.41, 5.74) is 2.57. The Hall–Kier alpha value is -1.64. The zero-order valence-electron chi connectivity index (χ0n) is 11.2. The maximum atomic E-state index is 11.0. The molecule has 0 saturated carbocycles. The number of non-ortho nitro benzene ring substituents is 1.